The maximum absolute atomic E-state index is 13.3. The molecule has 0 spiro atoms. The average Bonchev–Trinajstić information content (AvgIpc) is 3.17. The molecular weight excluding hydrogens is 310 g/mol. The smallest absolute Gasteiger partial charge is 0.255 e. The number of halogens is 2. The van der Waals surface area contributed by atoms with Crippen molar-refractivity contribution in [3.63, 3.8) is 0 Å². The second-order valence-electron chi connectivity index (χ2n) is 6.61. The van der Waals surface area contributed by atoms with E-state index in [-0.39, 0.29) is 5.56 Å². The highest BCUT2D eigenvalue weighted by Crippen LogP contribution is 2.42. The largest absolute Gasteiger partial charge is 0.367 e. The number of carbonyl (C=O) groups excluding carboxylic acids is 1. The van der Waals surface area contributed by atoms with Gasteiger partial charge in [-0.1, -0.05) is 12.1 Å². The van der Waals surface area contributed by atoms with Crippen molar-refractivity contribution in [2.24, 2.45) is 5.92 Å². The van der Waals surface area contributed by atoms with E-state index in [0.717, 1.165) is 36.3 Å². The van der Waals surface area contributed by atoms with Crippen molar-refractivity contribution in [1.82, 2.24) is 0 Å². The number of anilines is 2. The number of nitrogens with zero attached hydrogens (tertiary/aromatic N) is 1. The normalized spacial score (nSPS) is 22.0. The summed E-state index contributed by atoms with van der Waals surface area (Å²) in [5.74, 6) is -1.29. The van der Waals surface area contributed by atoms with Gasteiger partial charge in [-0.05, 0) is 49.4 Å². The minimum Gasteiger partial charge on any atom is -0.367 e. The van der Waals surface area contributed by atoms with E-state index in [2.05, 4.69) is 10.2 Å². The van der Waals surface area contributed by atoms with Crippen molar-refractivity contribution in [2.45, 2.75) is 25.3 Å². The number of hydrogen-bond acceptors (Lipinski definition) is 2. The van der Waals surface area contributed by atoms with Crippen molar-refractivity contribution >= 4 is 17.3 Å². The Hall–Kier alpha value is -2.43. The monoisotopic (exact) mass is 328 g/mol. The fourth-order valence-corrected chi connectivity index (χ4v) is 3.93. The molecule has 5 heteroatoms. The summed E-state index contributed by atoms with van der Waals surface area (Å²) in [7, 11) is 0. The maximum Gasteiger partial charge on any atom is 0.255 e. The first-order valence-corrected chi connectivity index (χ1v) is 8.23. The van der Waals surface area contributed by atoms with E-state index in [9.17, 15) is 13.6 Å². The molecule has 0 radical (unpaired) electrons. The summed E-state index contributed by atoms with van der Waals surface area (Å²) in [6.45, 7) is 1.01. The Morgan fingerprint density at radius 3 is 2.50 bits per heavy atom. The summed E-state index contributed by atoms with van der Waals surface area (Å²) in [5.41, 5.74) is 1.64. The Bertz CT molecular complexity index is 772. The lowest BCUT2D eigenvalue weighted by atomic mass is 10.1. The van der Waals surface area contributed by atoms with Gasteiger partial charge in [0.1, 0.15) is 11.6 Å². The summed E-state index contributed by atoms with van der Waals surface area (Å²) < 4.78 is 26.7. The molecule has 2 aromatic carbocycles. The molecule has 0 unspecified atom stereocenters. The Morgan fingerprint density at radius 1 is 1.08 bits per heavy atom. The number of nitrogens with one attached hydrogen (secondary N) is 1. The summed E-state index contributed by atoms with van der Waals surface area (Å²) in [6, 6.07) is 11.0. The molecule has 124 valence electrons. The third-order valence-electron chi connectivity index (χ3n) is 5.00. The van der Waals surface area contributed by atoms with Crippen LogP contribution in [0.2, 0.25) is 0 Å². The second-order valence-corrected chi connectivity index (χ2v) is 6.61. The van der Waals surface area contributed by atoms with Gasteiger partial charge < -0.3 is 10.2 Å². The quantitative estimate of drug-likeness (QED) is 0.915. The summed E-state index contributed by atoms with van der Waals surface area (Å²) >= 11 is 0. The zero-order valence-corrected chi connectivity index (χ0v) is 13.1. The van der Waals surface area contributed by atoms with Gasteiger partial charge in [-0.3, -0.25) is 4.79 Å². The van der Waals surface area contributed by atoms with Crippen LogP contribution in [0.4, 0.5) is 20.2 Å². The van der Waals surface area contributed by atoms with E-state index < -0.39 is 17.5 Å². The highest BCUT2D eigenvalue weighted by molar-refractivity contribution is 6.06. The zero-order valence-electron chi connectivity index (χ0n) is 13.1. The van der Waals surface area contributed by atoms with Crippen molar-refractivity contribution in [2.75, 3.05) is 16.8 Å². The van der Waals surface area contributed by atoms with E-state index in [1.54, 1.807) is 0 Å². The lowest BCUT2D eigenvalue weighted by molar-refractivity contribution is 0.102. The first-order valence-electron chi connectivity index (χ1n) is 8.23. The lowest BCUT2D eigenvalue weighted by Gasteiger charge is -2.31. The number of piperidine rings is 1. The molecule has 2 aromatic rings. The van der Waals surface area contributed by atoms with Gasteiger partial charge >= 0.3 is 0 Å². The van der Waals surface area contributed by atoms with Crippen molar-refractivity contribution in [3.05, 3.63) is 59.7 Å². The molecule has 1 heterocycles. The summed E-state index contributed by atoms with van der Waals surface area (Å²) in [6.07, 6.45) is 3.66. The molecule has 24 heavy (non-hydrogen) atoms. The minimum atomic E-state index is -0.759. The molecule has 1 aliphatic heterocycles. The molecule has 0 aromatic heterocycles. The molecule has 2 atom stereocenters. The molecule has 4 rings (SSSR count). The van der Waals surface area contributed by atoms with Gasteiger partial charge in [0.15, 0.2) is 0 Å². The molecule has 2 aliphatic rings. The topological polar surface area (TPSA) is 32.3 Å². The molecule has 1 N–H and O–H groups in total. The van der Waals surface area contributed by atoms with Gasteiger partial charge in [0.2, 0.25) is 0 Å². The number of fused-ring (bicyclic) bond motifs is 2. The summed E-state index contributed by atoms with van der Waals surface area (Å²) in [5, 5.41) is 2.80. The average molecular weight is 328 g/mol. The fourth-order valence-electron chi connectivity index (χ4n) is 3.93. The third-order valence-corrected chi connectivity index (χ3v) is 5.00. The van der Waals surface area contributed by atoms with Crippen molar-refractivity contribution in [1.29, 1.82) is 0 Å². The zero-order chi connectivity index (χ0) is 16.7. The van der Waals surface area contributed by atoms with Gasteiger partial charge in [0.25, 0.3) is 5.91 Å². The highest BCUT2D eigenvalue weighted by Gasteiger charge is 2.38. The van der Waals surface area contributed by atoms with E-state index in [1.165, 1.54) is 19.3 Å². The number of carbonyl (C=O) groups is 1. The number of amides is 1. The minimum absolute atomic E-state index is 0.0229. The Labute approximate surface area is 139 Å². The highest BCUT2D eigenvalue weighted by atomic mass is 19.1. The lowest BCUT2D eigenvalue weighted by Crippen LogP contribution is -2.32. The molecule has 2 fully saturated rings. The Morgan fingerprint density at radius 2 is 1.83 bits per heavy atom. The maximum atomic E-state index is 13.3. The van der Waals surface area contributed by atoms with Gasteiger partial charge in [-0.25, -0.2) is 8.78 Å². The molecule has 1 saturated heterocycles. The molecule has 2 bridgehead atoms. The van der Waals surface area contributed by atoms with E-state index in [0.29, 0.717) is 11.7 Å². The fraction of sp³-hybridized carbons (Fsp3) is 0.316. The number of para-hydroxylation sites is 2. The standard InChI is InChI=1S/C19H18F2N2O/c20-14-8-13(9-15(21)10-14)19(24)22-17-3-1-2-4-18(17)23-11-12-5-6-16(23)7-12/h1-4,8-10,12,16H,5-7,11H2,(H,22,24)/t12-,16-/m0/s1. The van der Waals surface area contributed by atoms with Crippen LogP contribution in [0.3, 0.4) is 0 Å². The van der Waals surface area contributed by atoms with Gasteiger partial charge in [-0.15, -0.1) is 0 Å². The molecule has 1 aliphatic carbocycles. The van der Waals surface area contributed by atoms with Crippen LogP contribution in [-0.2, 0) is 0 Å². The SMILES string of the molecule is O=C(Nc1ccccc1N1C[C@H]2CC[C@H]1C2)c1cc(F)cc(F)c1. The number of rotatable bonds is 3. The van der Waals surface area contributed by atoms with Crippen LogP contribution in [-0.4, -0.2) is 18.5 Å². The van der Waals surface area contributed by atoms with E-state index >= 15 is 0 Å². The van der Waals surface area contributed by atoms with Crippen LogP contribution in [0.5, 0.6) is 0 Å². The van der Waals surface area contributed by atoms with Gasteiger partial charge in [-0.2, -0.15) is 0 Å². The second kappa shape index (κ2) is 5.89. The molecular formula is C19H18F2N2O. The molecule has 1 saturated carbocycles. The van der Waals surface area contributed by atoms with Gasteiger partial charge in [0.05, 0.1) is 11.4 Å². The van der Waals surface area contributed by atoms with Gasteiger partial charge in [0, 0.05) is 24.2 Å². The Kier molecular flexibility index (Phi) is 3.71. The van der Waals surface area contributed by atoms with E-state index in [4.69, 9.17) is 0 Å². The predicted molar refractivity (Wildman–Crippen MR) is 89.2 cm³/mol. The first kappa shape index (κ1) is 15.1. The Balaban J connectivity index is 1.60. The first-order chi connectivity index (χ1) is 11.6. The van der Waals surface area contributed by atoms with Crippen LogP contribution in [0.1, 0.15) is 29.6 Å². The summed E-state index contributed by atoms with van der Waals surface area (Å²) in [4.78, 5) is 14.7. The number of benzene rings is 2. The van der Waals surface area contributed by atoms with E-state index in [1.807, 2.05) is 24.3 Å². The van der Waals surface area contributed by atoms with Crippen molar-refractivity contribution < 1.29 is 13.6 Å². The van der Waals surface area contributed by atoms with Crippen molar-refractivity contribution in [3.8, 4) is 0 Å². The van der Waals surface area contributed by atoms with Crippen LogP contribution >= 0.6 is 0 Å². The molecule has 3 nitrogen and oxygen atoms in total. The molecule has 1 amide bonds. The predicted octanol–water partition coefficient (Wildman–Crippen LogP) is 4.21. The van der Waals surface area contributed by atoms with Crippen LogP contribution in [0.25, 0.3) is 0 Å². The van der Waals surface area contributed by atoms with Crippen LogP contribution in [0.15, 0.2) is 42.5 Å². The van der Waals surface area contributed by atoms with Crippen LogP contribution < -0.4 is 10.2 Å². The van der Waals surface area contributed by atoms with Crippen LogP contribution in [0, 0.1) is 17.6 Å². The number of hydrogen-bond donors (Lipinski definition) is 1. The third kappa shape index (κ3) is 2.75.